The number of carbonyl (C=O) groups is 1. The molecule has 1 aliphatic carbocycles. The normalized spacial score (nSPS) is 18.7. The van der Waals surface area contributed by atoms with Crippen molar-refractivity contribution < 1.29 is 4.79 Å². The van der Waals surface area contributed by atoms with Crippen LogP contribution in [0.25, 0.3) is 10.2 Å². The first-order valence-electron chi connectivity index (χ1n) is 8.17. The van der Waals surface area contributed by atoms with Crippen LogP contribution >= 0.6 is 11.3 Å². The number of nitrogens with one attached hydrogen (secondary N) is 1. The summed E-state index contributed by atoms with van der Waals surface area (Å²) in [6.07, 6.45) is 3.86. The fourth-order valence-electron chi connectivity index (χ4n) is 2.95. The Morgan fingerprint density at radius 1 is 1.52 bits per heavy atom. The van der Waals surface area contributed by atoms with Gasteiger partial charge in [0, 0.05) is 10.9 Å². The molecule has 0 unspecified atom stereocenters. The van der Waals surface area contributed by atoms with E-state index in [1.54, 1.807) is 11.3 Å². The maximum absolute atomic E-state index is 12.7. The second-order valence-electron chi connectivity index (χ2n) is 6.46. The summed E-state index contributed by atoms with van der Waals surface area (Å²) in [4.78, 5) is 26.7. The maximum Gasteiger partial charge on any atom is 0.279 e. The van der Waals surface area contributed by atoms with E-state index >= 15 is 0 Å². The van der Waals surface area contributed by atoms with Crippen molar-refractivity contribution in [2.45, 2.75) is 59.0 Å². The molecule has 7 heteroatoms. The molecule has 0 bridgehead atoms. The zero-order valence-electron chi connectivity index (χ0n) is 13.8. The second kappa shape index (κ2) is 6.39. The lowest BCUT2D eigenvalue weighted by Gasteiger charge is -2.17. The molecule has 1 amide bonds. The highest BCUT2D eigenvalue weighted by molar-refractivity contribution is 7.18. The number of aryl methyl sites for hydroxylation is 1. The van der Waals surface area contributed by atoms with Crippen LogP contribution in [0.4, 0.5) is 0 Å². The minimum Gasteiger partial charge on any atom is -0.352 e. The van der Waals surface area contributed by atoms with E-state index in [1.165, 1.54) is 9.56 Å². The average molecular weight is 334 g/mol. The number of hydrogen-bond donors (Lipinski definition) is 1. The zero-order chi connectivity index (χ0) is 16.6. The lowest BCUT2D eigenvalue weighted by molar-refractivity contribution is -0.122. The predicted octanol–water partition coefficient (Wildman–Crippen LogP) is 1.89. The fraction of sp³-hybridized carbons (Fsp3) is 0.625. The van der Waals surface area contributed by atoms with E-state index in [4.69, 9.17) is 0 Å². The lowest BCUT2D eigenvalue weighted by Crippen LogP contribution is -2.38. The van der Waals surface area contributed by atoms with Crippen LogP contribution in [-0.2, 0) is 24.2 Å². The summed E-state index contributed by atoms with van der Waals surface area (Å²) >= 11 is 1.57. The molecule has 0 radical (unpaired) electrons. The van der Waals surface area contributed by atoms with Crippen LogP contribution < -0.4 is 10.9 Å². The molecule has 0 spiro atoms. The van der Waals surface area contributed by atoms with Crippen molar-refractivity contribution in [3.8, 4) is 0 Å². The van der Waals surface area contributed by atoms with Crippen LogP contribution in [0, 0.1) is 5.92 Å². The number of aromatic nitrogens is 3. The Kier molecular flexibility index (Phi) is 4.48. The molecule has 2 aromatic rings. The standard InChI is InChI=1S/C16H22N4O2S/c1-4-10(3)17-13(21)8-20-16(22)14-11-6-5-9(2)7-12(11)23-15(14)18-19-20/h9-10H,4-8H2,1-3H3,(H,17,21)/t9-,10-/m1/s1. The van der Waals surface area contributed by atoms with Gasteiger partial charge in [0.1, 0.15) is 6.54 Å². The monoisotopic (exact) mass is 334 g/mol. The predicted molar refractivity (Wildman–Crippen MR) is 90.8 cm³/mol. The van der Waals surface area contributed by atoms with E-state index in [-0.39, 0.29) is 24.1 Å². The molecule has 23 heavy (non-hydrogen) atoms. The third-order valence-corrected chi connectivity index (χ3v) is 5.64. The fourth-order valence-corrected chi connectivity index (χ4v) is 4.27. The highest BCUT2D eigenvalue weighted by Gasteiger charge is 2.24. The van der Waals surface area contributed by atoms with E-state index in [2.05, 4.69) is 22.6 Å². The molecule has 0 saturated carbocycles. The van der Waals surface area contributed by atoms with Crippen molar-refractivity contribution >= 4 is 27.5 Å². The van der Waals surface area contributed by atoms with Crippen molar-refractivity contribution in [3.05, 3.63) is 20.8 Å². The van der Waals surface area contributed by atoms with Gasteiger partial charge in [0.25, 0.3) is 5.56 Å². The van der Waals surface area contributed by atoms with Crippen LogP contribution in [0.5, 0.6) is 0 Å². The molecular weight excluding hydrogens is 312 g/mol. The van der Waals surface area contributed by atoms with Crippen molar-refractivity contribution in [1.29, 1.82) is 0 Å². The molecule has 3 rings (SSSR count). The molecule has 124 valence electrons. The van der Waals surface area contributed by atoms with E-state index in [1.807, 2.05) is 13.8 Å². The summed E-state index contributed by atoms with van der Waals surface area (Å²) in [5.74, 6) is 0.444. The van der Waals surface area contributed by atoms with Gasteiger partial charge in [0.15, 0.2) is 4.83 Å². The Balaban J connectivity index is 1.93. The first kappa shape index (κ1) is 16.1. The number of carbonyl (C=O) groups excluding carboxylic acids is 1. The summed E-state index contributed by atoms with van der Waals surface area (Å²) in [5.41, 5.74) is 0.931. The minimum absolute atomic E-state index is 0.0763. The lowest BCUT2D eigenvalue weighted by atomic mass is 9.89. The molecule has 1 aliphatic rings. The van der Waals surface area contributed by atoms with Gasteiger partial charge >= 0.3 is 0 Å². The maximum atomic E-state index is 12.7. The summed E-state index contributed by atoms with van der Waals surface area (Å²) in [6.45, 7) is 6.09. The topological polar surface area (TPSA) is 76.9 Å². The summed E-state index contributed by atoms with van der Waals surface area (Å²) < 4.78 is 1.19. The molecule has 6 nitrogen and oxygen atoms in total. The average Bonchev–Trinajstić information content (AvgIpc) is 2.88. The van der Waals surface area contributed by atoms with Crippen LogP contribution in [0.2, 0.25) is 0 Å². The van der Waals surface area contributed by atoms with E-state index < -0.39 is 0 Å². The summed E-state index contributed by atoms with van der Waals surface area (Å²) in [7, 11) is 0. The first-order chi connectivity index (χ1) is 11.0. The third-order valence-electron chi connectivity index (χ3n) is 4.50. The van der Waals surface area contributed by atoms with Gasteiger partial charge in [0.2, 0.25) is 5.91 Å². The van der Waals surface area contributed by atoms with Gasteiger partial charge in [-0.3, -0.25) is 9.59 Å². The van der Waals surface area contributed by atoms with Gasteiger partial charge < -0.3 is 5.32 Å². The number of nitrogens with zero attached hydrogens (tertiary/aromatic N) is 3. The zero-order valence-corrected chi connectivity index (χ0v) is 14.6. The van der Waals surface area contributed by atoms with Crippen LogP contribution in [0.15, 0.2) is 4.79 Å². The first-order valence-corrected chi connectivity index (χ1v) is 8.98. The highest BCUT2D eigenvalue weighted by atomic mass is 32.1. The molecule has 0 aliphatic heterocycles. The number of hydrogen-bond acceptors (Lipinski definition) is 5. The smallest absolute Gasteiger partial charge is 0.279 e. The molecule has 2 atom stereocenters. The molecule has 2 aromatic heterocycles. The van der Waals surface area contributed by atoms with Gasteiger partial charge in [-0.15, -0.1) is 16.4 Å². The Morgan fingerprint density at radius 3 is 3.04 bits per heavy atom. The summed E-state index contributed by atoms with van der Waals surface area (Å²) in [6, 6.07) is 0.0882. The Bertz CT molecular complexity index is 795. The molecule has 0 aromatic carbocycles. The quantitative estimate of drug-likeness (QED) is 0.926. The Labute approximate surface area is 138 Å². The van der Waals surface area contributed by atoms with Gasteiger partial charge in [-0.05, 0) is 44.1 Å². The van der Waals surface area contributed by atoms with Crippen LogP contribution in [-0.4, -0.2) is 26.9 Å². The molecule has 2 heterocycles. The molecule has 0 fully saturated rings. The van der Waals surface area contributed by atoms with Gasteiger partial charge in [-0.1, -0.05) is 19.1 Å². The van der Waals surface area contributed by atoms with Crippen molar-refractivity contribution in [2.24, 2.45) is 5.92 Å². The largest absolute Gasteiger partial charge is 0.352 e. The van der Waals surface area contributed by atoms with Crippen molar-refractivity contribution in [2.75, 3.05) is 0 Å². The van der Waals surface area contributed by atoms with Crippen LogP contribution in [0.1, 0.15) is 44.1 Å². The minimum atomic E-state index is -0.201. The van der Waals surface area contributed by atoms with Gasteiger partial charge in [0.05, 0.1) is 5.39 Å². The molecular formula is C16H22N4O2S. The van der Waals surface area contributed by atoms with Crippen molar-refractivity contribution in [3.63, 3.8) is 0 Å². The third kappa shape index (κ3) is 3.15. The Hall–Kier alpha value is -1.76. The van der Waals surface area contributed by atoms with Crippen molar-refractivity contribution in [1.82, 2.24) is 20.3 Å². The number of rotatable bonds is 4. The van der Waals surface area contributed by atoms with Crippen LogP contribution in [0.3, 0.4) is 0 Å². The summed E-state index contributed by atoms with van der Waals surface area (Å²) in [5, 5.41) is 11.6. The van der Waals surface area contributed by atoms with E-state index in [0.29, 0.717) is 16.1 Å². The van der Waals surface area contributed by atoms with Gasteiger partial charge in [-0.25, -0.2) is 4.68 Å². The van der Waals surface area contributed by atoms with E-state index in [9.17, 15) is 9.59 Å². The Morgan fingerprint density at radius 2 is 2.30 bits per heavy atom. The van der Waals surface area contributed by atoms with Gasteiger partial charge in [-0.2, -0.15) is 0 Å². The number of thiophene rings is 1. The van der Waals surface area contributed by atoms with E-state index in [0.717, 1.165) is 31.2 Å². The highest BCUT2D eigenvalue weighted by Crippen LogP contribution is 2.35. The molecule has 1 N–H and O–H groups in total. The number of fused-ring (bicyclic) bond motifs is 3. The number of amides is 1. The SMILES string of the molecule is CC[C@@H](C)NC(=O)Cn1nnc2sc3c(c2c1=O)CC[C@@H](C)C3. The molecule has 0 saturated heterocycles. The second-order valence-corrected chi connectivity index (χ2v) is 7.54.